The molecule has 2 aromatic rings. The van der Waals surface area contributed by atoms with Gasteiger partial charge in [0, 0.05) is 37.4 Å². The maximum atomic E-state index is 12.7. The molecule has 3 rings (SSSR count). The Hall–Kier alpha value is -2.63. The van der Waals surface area contributed by atoms with E-state index in [2.05, 4.69) is 24.0 Å². The Balaban J connectivity index is 1.62. The van der Waals surface area contributed by atoms with Crippen molar-refractivity contribution in [2.45, 2.75) is 26.7 Å². The fraction of sp³-hybridized carbons (Fsp3) is 0.450. The Morgan fingerprint density at radius 2 is 1.69 bits per heavy atom. The van der Waals surface area contributed by atoms with Crippen LogP contribution in [0.1, 0.15) is 46.8 Å². The fourth-order valence-corrected chi connectivity index (χ4v) is 3.26. The summed E-state index contributed by atoms with van der Waals surface area (Å²) in [5.74, 6) is 0.471. The van der Waals surface area contributed by atoms with E-state index in [4.69, 9.17) is 0 Å². The highest BCUT2D eigenvalue weighted by Gasteiger charge is 2.24. The number of nitrogens with zero attached hydrogens (tertiary/aromatic N) is 3. The quantitative estimate of drug-likeness (QED) is 0.917. The first-order valence-corrected chi connectivity index (χ1v) is 9.22. The second kappa shape index (κ2) is 8.17. The van der Waals surface area contributed by atoms with E-state index in [1.165, 1.54) is 0 Å². The van der Waals surface area contributed by atoms with Crippen molar-refractivity contribution in [3.8, 4) is 0 Å². The molecule has 1 N–H and O–H groups in total. The summed E-state index contributed by atoms with van der Waals surface area (Å²) >= 11 is 0. The van der Waals surface area contributed by atoms with E-state index < -0.39 is 0 Å². The zero-order valence-corrected chi connectivity index (χ0v) is 15.4. The van der Waals surface area contributed by atoms with Gasteiger partial charge in [-0.3, -0.25) is 14.7 Å². The SMILES string of the molecule is CC(C)Cc1cc(C(=O)N2CCCN(C(=O)c3ccccc3)CC2)n[nH]1. The largest absolute Gasteiger partial charge is 0.337 e. The van der Waals surface area contributed by atoms with Crippen LogP contribution < -0.4 is 0 Å². The Labute approximate surface area is 154 Å². The predicted molar refractivity (Wildman–Crippen MR) is 100.0 cm³/mol. The molecular weight excluding hydrogens is 328 g/mol. The van der Waals surface area contributed by atoms with Crippen molar-refractivity contribution >= 4 is 11.8 Å². The summed E-state index contributed by atoms with van der Waals surface area (Å²) in [6.07, 6.45) is 1.65. The minimum Gasteiger partial charge on any atom is -0.337 e. The Kier molecular flexibility index (Phi) is 5.71. The van der Waals surface area contributed by atoms with Crippen molar-refractivity contribution in [2.75, 3.05) is 26.2 Å². The molecule has 0 atom stereocenters. The van der Waals surface area contributed by atoms with Crippen molar-refractivity contribution < 1.29 is 9.59 Å². The Morgan fingerprint density at radius 3 is 2.35 bits per heavy atom. The summed E-state index contributed by atoms with van der Waals surface area (Å²) in [4.78, 5) is 29.0. The van der Waals surface area contributed by atoms with Crippen molar-refractivity contribution in [1.29, 1.82) is 0 Å². The van der Waals surface area contributed by atoms with Gasteiger partial charge in [-0.25, -0.2) is 0 Å². The van der Waals surface area contributed by atoms with E-state index in [0.717, 1.165) is 18.5 Å². The van der Waals surface area contributed by atoms with Gasteiger partial charge in [0.1, 0.15) is 5.69 Å². The molecule has 6 nitrogen and oxygen atoms in total. The number of hydrogen-bond acceptors (Lipinski definition) is 3. The third-order valence-electron chi connectivity index (χ3n) is 4.57. The summed E-state index contributed by atoms with van der Waals surface area (Å²) in [5, 5.41) is 7.14. The molecule has 0 unspecified atom stereocenters. The number of amides is 2. The molecule has 26 heavy (non-hydrogen) atoms. The number of benzene rings is 1. The molecule has 2 amide bonds. The molecule has 1 aliphatic rings. The summed E-state index contributed by atoms with van der Waals surface area (Å²) < 4.78 is 0. The molecule has 1 aliphatic heterocycles. The Morgan fingerprint density at radius 1 is 1.04 bits per heavy atom. The van der Waals surface area contributed by atoms with E-state index in [1.54, 1.807) is 4.90 Å². The average molecular weight is 354 g/mol. The number of hydrogen-bond donors (Lipinski definition) is 1. The van der Waals surface area contributed by atoms with Gasteiger partial charge in [-0.2, -0.15) is 5.10 Å². The second-order valence-electron chi connectivity index (χ2n) is 7.18. The minimum absolute atomic E-state index is 0.0267. The van der Waals surface area contributed by atoms with Gasteiger partial charge in [0.05, 0.1) is 0 Å². The lowest BCUT2D eigenvalue weighted by Gasteiger charge is -2.21. The average Bonchev–Trinajstić information content (AvgIpc) is 2.95. The molecular formula is C20H26N4O2. The topological polar surface area (TPSA) is 69.3 Å². The second-order valence-corrected chi connectivity index (χ2v) is 7.18. The van der Waals surface area contributed by atoms with Crippen LogP contribution in [0, 0.1) is 5.92 Å². The standard InChI is InChI=1S/C20H26N4O2/c1-15(2)13-17-14-18(22-21-17)20(26)24-10-6-9-23(11-12-24)19(25)16-7-4-3-5-8-16/h3-5,7-8,14-15H,6,9-13H2,1-2H3,(H,21,22). The van der Waals surface area contributed by atoms with E-state index in [1.807, 2.05) is 41.3 Å². The van der Waals surface area contributed by atoms with Crippen molar-refractivity contribution in [2.24, 2.45) is 5.92 Å². The fourth-order valence-electron chi connectivity index (χ4n) is 3.26. The molecule has 0 spiro atoms. The van der Waals surface area contributed by atoms with Crippen LogP contribution >= 0.6 is 0 Å². The van der Waals surface area contributed by atoms with Crippen molar-refractivity contribution in [3.05, 3.63) is 53.3 Å². The lowest BCUT2D eigenvalue weighted by atomic mass is 10.1. The van der Waals surface area contributed by atoms with Gasteiger partial charge in [-0.05, 0) is 37.0 Å². The van der Waals surface area contributed by atoms with Crippen LogP contribution in [0.2, 0.25) is 0 Å². The molecule has 1 fully saturated rings. The zero-order valence-electron chi connectivity index (χ0n) is 15.4. The molecule has 2 heterocycles. The van der Waals surface area contributed by atoms with E-state index in [9.17, 15) is 9.59 Å². The number of carbonyl (C=O) groups excluding carboxylic acids is 2. The highest BCUT2D eigenvalue weighted by Crippen LogP contribution is 2.13. The van der Waals surface area contributed by atoms with Crippen LogP contribution in [0.25, 0.3) is 0 Å². The first-order valence-electron chi connectivity index (χ1n) is 9.22. The van der Waals surface area contributed by atoms with E-state index in [-0.39, 0.29) is 11.8 Å². The first-order chi connectivity index (χ1) is 12.5. The van der Waals surface area contributed by atoms with Gasteiger partial charge in [0.15, 0.2) is 0 Å². The molecule has 0 radical (unpaired) electrons. The maximum absolute atomic E-state index is 12.7. The highest BCUT2D eigenvalue weighted by atomic mass is 16.2. The van der Waals surface area contributed by atoms with E-state index >= 15 is 0 Å². The summed E-state index contributed by atoms with van der Waals surface area (Å²) in [6, 6.07) is 11.1. The van der Waals surface area contributed by atoms with Crippen molar-refractivity contribution in [3.63, 3.8) is 0 Å². The molecule has 6 heteroatoms. The zero-order chi connectivity index (χ0) is 18.5. The lowest BCUT2D eigenvalue weighted by Crippen LogP contribution is -2.37. The van der Waals surface area contributed by atoms with Gasteiger partial charge in [-0.1, -0.05) is 32.0 Å². The van der Waals surface area contributed by atoms with Crippen LogP contribution in [0.15, 0.2) is 36.4 Å². The van der Waals surface area contributed by atoms with Gasteiger partial charge in [0.25, 0.3) is 11.8 Å². The number of carbonyl (C=O) groups is 2. The third-order valence-corrected chi connectivity index (χ3v) is 4.57. The minimum atomic E-state index is -0.0646. The number of H-pyrrole nitrogens is 1. The van der Waals surface area contributed by atoms with Gasteiger partial charge >= 0.3 is 0 Å². The Bertz CT molecular complexity index is 754. The van der Waals surface area contributed by atoms with Crippen molar-refractivity contribution in [1.82, 2.24) is 20.0 Å². The highest BCUT2D eigenvalue weighted by molar-refractivity contribution is 5.94. The third kappa shape index (κ3) is 4.31. The van der Waals surface area contributed by atoms with Crippen LogP contribution in [-0.2, 0) is 6.42 Å². The van der Waals surface area contributed by atoms with Gasteiger partial charge in [-0.15, -0.1) is 0 Å². The molecule has 1 saturated heterocycles. The first kappa shape index (κ1) is 18.2. The molecule has 1 aromatic heterocycles. The van der Waals surface area contributed by atoms with Crippen LogP contribution in [0.3, 0.4) is 0 Å². The number of aromatic amines is 1. The molecule has 1 aromatic carbocycles. The number of aromatic nitrogens is 2. The predicted octanol–water partition coefficient (Wildman–Crippen LogP) is 2.60. The molecule has 0 bridgehead atoms. The summed E-state index contributed by atoms with van der Waals surface area (Å²) in [7, 11) is 0. The molecule has 138 valence electrons. The lowest BCUT2D eigenvalue weighted by molar-refractivity contribution is 0.0715. The van der Waals surface area contributed by atoms with Crippen LogP contribution in [0.4, 0.5) is 0 Å². The summed E-state index contributed by atoms with van der Waals surface area (Å²) in [5.41, 5.74) is 2.14. The monoisotopic (exact) mass is 354 g/mol. The van der Waals surface area contributed by atoms with Crippen LogP contribution in [-0.4, -0.2) is 58.0 Å². The smallest absolute Gasteiger partial charge is 0.274 e. The maximum Gasteiger partial charge on any atom is 0.274 e. The van der Waals surface area contributed by atoms with Gasteiger partial charge in [0.2, 0.25) is 0 Å². The normalized spacial score (nSPS) is 15.2. The van der Waals surface area contributed by atoms with Crippen LogP contribution in [0.5, 0.6) is 0 Å². The number of rotatable bonds is 4. The molecule has 0 aliphatic carbocycles. The molecule has 0 saturated carbocycles. The number of nitrogens with one attached hydrogen (secondary N) is 1. The van der Waals surface area contributed by atoms with Gasteiger partial charge < -0.3 is 9.80 Å². The van der Waals surface area contributed by atoms with E-state index in [0.29, 0.717) is 43.4 Å². The summed E-state index contributed by atoms with van der Waals surface area (Å²) in [6.45, 7) is 6.65.